The fourth-order valence-electron chi connectivity index (χ4n) is 2.52. The van der Waals surface area contributed by atoms with E-state index in [1.807, 2.05) is 57.2 Å². The Bertz CT molecular complexity index is 819. The van der Waals surface area contributed by atoms with Gasteiger partial charge >= 0.3 is 6.09 Å². The molecule has 2 aromatic rings. The summed E-state index contributed by atoms with van der Waals surface area (Å²) in [6.45, 7) is 5.45. The van der Waals surface area contributed by atoms with E-state index >= 15 is 0 Å². The van der Waals surface area contributed by atoms with Gasteiger partial charge in [-0.05, 0) is 38.5 Å². The lowest BCUT2D eigenvalue weighted by Crippen LogP contribution is -2.48. The molecular formula is C19H21N3O3S. The number of para-hydroxylation sites is 1. The van der Waals surface area contributed by atoms with Crippen LogP contribution in [0.25, 0.3) is 0 Å². The minimum absolute atomic E-state index is 0.348. The van der Waals surface area contributed by atoms with Crippen molar-refractivity contribution in [2.24, 2.45) is 0 Å². The lowest BCUT2D eigenvalue weighted by Gasteiger charge is -2.29. The zero-order valence-electron chi connectivity index (χ0n) is 14.9. The average molecular weight is 371 g/mol. The van der Waals surface area contributed by atoms with Crippen LogP contribution in [-0.4, -0.2) is 27.7 Å². The molecule has 26 heavy (non-hydrogen) atoms. The number of anilines is 1. The first kappa shape index (κ1) is 18.1. The van der Waals surface area contributed by atoms with Crippen molar-refractivity contribution in [2.45, 2.75) is 38.8 Å². The number of carbonyl (C=O) groups is 1. The average Bonchev–Trinajstić information content (AvgIpc) is 2.55. The fraction of sp³-hybridized carbons (Fsp3) is 0.316. The molecule has 0 radical (unpaired) electrons. The van der Waals surface area contributed by atoms with E-state index in [1.165, 1.54) is 0 Å². The molecule has 136 valence electrons. The van der Waals surface area contributed by atoms with Crippen LogP contribution in [0.15, 0.2) is 42.6 Å². The van der Waals surface area contributed by atoms with Crippen molar-refractivity contribution in [3.05, 3.63) is 48.2 Å². The highest BCUT2D eigenvalue weighted by Crippen LogP contribution is 2.28. The van der Waals surface area contributed by atoms with Gasteiger partial charge in [-0.2, -0.15) is 0 Å². The third kappa shape index (κ3) is 4.70. The second-order valence-electron chi connectivity index (χ2n) is 6.99. The number of aromatic nitrogens is 1. The van der Waals surface area contributed by atoms with Gasteiger partial charge in [0.2, 0.25) is 5.88 Å². The summed E-state index contributed by atoms with van der Waals surface area (Å²) in [5, 5.41) is 5.92. The molecule has 7 heteroatoms. The molecule has 1 aromatic carbocycles. The molecule has 2 heterocycles. The number of hydrogen-bond acceptors (Lipinski definition) is 5. The van der Waals surface area contributed by atoms with Crippen LogP contribution in [0, 0.1) is 0 Å². The van der Waals surface area contributed by atoms with Crippen molar-refractivity contribution in [2.75, 3.05) is 5.32 Å². The molecule has 3 rings (SSSR count). The Morgan fingerprint density at radius 2 is 2.04 bits per heavy atom. The standard InChI is InChI=1S/C19H21N3O3S/c1-19(2,3)25-18(23)22-14-9-12-10-16(20-11-15(12)21-17(14)26)24-13-7-5-4-6-8-13/h4-8,10-11,14H,9H2,1-3H3,(H,21,26)(H,22,23)/t14-/m0/s1. The van der Waals surface area contributed by atoms with Gasteiger partial charge in [-0.3, -0.25) is 0 Å². The van der Waals surface area contributed by atoms with E-state index in [0.717, 1.165) is 11.3 Å². The fourth-order valence-corrected chi connectivity index (χ4v) is 2.77. The molecule has 0 saturated heterocycles. The van der Waals surface area contributed by atoms with E-state index in [9.17, 15) is 4.79 Å². The van der Waals surface area contributed by atoms with E-state index in [1.54, 1.807) is 6.20 Å². The van der Waals surface area contributed by atoms with Gasteiger partial charge in [-0.15, -0.1) is 0 Å². The largest absolute Gasteiger partial charge is 0.444 e. The summed E-state index contributed by atoms with van der Waals surface area (Å²) in [6.07, 6.45) is 1.72. The van der Waals surface area contributed by atoms with Crippen molar-refractivity contribution in [3.8, 4) is 11.6 Å². The number of nitrogens with zero attached hydrogens (tertiary/aromatic N) is 1. The number of benzene rings is 1. The smallest absolute Gasteiger partial charge is 0.408 e. The van der Waals surface area contributed by atoms with Gasteiger partial charge in [0.1, 0.15) is 16.3 Å². The molecular weight excluding hydrogens is 350 g/mol. The molecule has 1 aromatic heterocycles. The summed E-state index contributed by atoms with van der Waals surface area (Å²) in [4.78, 5) is 16.9. The minimum atomic E-state index is -0.563. The minimum Gasteiger partial charge on any atom is -0.444 e. The number of thiocarbonyl (C=S) groups is 1. The molecule has 0 spiro atoms. The lowest BCUT2D eigenvalue weighted by atomic mass is 10.0. The third-order valence-corrected chi connectivity index (χ3v) is 4.01. The number of rotatable bonds is 3. The molecule has 0 saturated carbocycles. The number of fused-ring (bicyclic) bond motifs is 1. The lowest BCUT2D eigenvalue weighted by molar-refractivity contribution is 0.0518. The summed E-state index contributed by atoms with van der Waals surface area (Å²) < 4.78 is 11.1. The van der Waals surface area contributed by atoms with Crippen LogP contribution >= 0.6 is 12.2 Å². The molecule has 1 aliphatic heterocycles. The molecule has 0 bridgehead atoms. The molecule has 0 aliphatic carbocycles. The van der Waals surface area contributed by atoms with Gasteiger partial charge in [0, 0.05) is 12.5 Å². The monoisotopic (exact) mass is 371 g/mol. The maximum atomic E-state index is 12.0. The zero-order valence-corrected chi connectivity index (χ0v) is 15.7. The molecule has 1 atom stereocenters. The van der Waals surface area contributed by atoms with Gasteiger partial charge in [0.05, 0.1) is 17.9 Å². The van der Waals surface area contributed by atoms with Crippen molar-refractivity contribution in [1.29, 1.82) is 0 Å². The summed E-state index contributed by atoms with van der Waals surface area (Å²) in [6, 6.07) is 10.9. The van der Waals surface area contributed by atoms with E-state index < -0.39 is 11.7 Å². The van der Waals surface area contributed by atoms with Crippen molar-refractivity contribution >= 4 is 29.0 Å². The predicted octanol–water partition coefficient (Wildman–Crippen LogP) is 4.06. The third-order valence-electron chi connectivity index (χ3n) is 3.62. The first-order chi connectivity index (χ1) is 12.3. The van der Waals surface area contributed by atoms with Crippen molar-refractivity contribution in [3.63, 3.8) is 0 Å². The zero-order chi connectivity index (χ0) is 18.7. The Labute approximate surface area is 157 Å². The van der Waals surface area contributed by atoms with E-state index in [-0.39, 0.29) is 6.04 Å². The second-order valence-corrected chi connectivity index (χ2v) is 7.43. The second kappa shape index (κ2) is 7.29. The molecule has 0 fully saturated rings. The highest BCUT2D eigenvalue weighted by Gasteiger charge is 2.27. The molecule has 6 nitrogen and oxygen atoms in total. The summed E-state index contributed by atoms with van der Waals surface area (Å²) >= 11 is 5.36. The summed E-state index contributed by atoms with van der Waals surface area (Å²) in [7, 11) is 0. The van der Waals surface area contributed by atoms with Crippen molar-refractivity contribution < 1.29 is 14.3 Å². The molecule has 0 unspecified atom stereocenters. The number of carbonyl (C=O) groups excluding carboxylic acids is 1. The summed E-state index contributed by atoms with van der Waals surface area (Å²) in [5.41, 5.74) is 1.21. The quantitative estimate of drug-likeness (QED) is 0.793. The Morgan fingerprint density at radius 3 is 2.73 bits per heavy atom. The Morgan fingerprint density at radius 1 is 1.31 bits per heavy atom. The van der Waals surface area contributed by atoms with Crippen LogP contribution in [0.1, 0.15) is 26.3 Å². The Balaban J connectivity index is 1.72. The van der Waals surface area contributed by atoms with Gasteiger partial charge in [0.25, 0.3) is 0 Å². The Kier molecular flexibility index (Phi) is 5.08. The normalized spacial score (nSPS) is 16.3. The van der Waals surface area contributed by atoms with E-state index in [0.29, 0.717) is 23.0 Å². The Hall–Kier alpha value is -2.67. The molecule has 1 aliphatic rings. The van der Waals surface area contributed by atoms with Crippen LogP contribution in [-0.2, 0) is 11.2 Å². The number of pyridine rings is 1. The number of hydrogen-bond donors (Lipinski definition) is 2. The maximum absolute atomic E-state index is 12.0. The van der Waals surface area contributed by atoms with Crippen molar-refractivity contribution in [1.82, 2.24) is 10.3 Å². The van der Waals surface area contributed by atoms with Crippen LogP contribution in [0.5, 0.6) is 11.6 Å². The number of nitrogens with one attached hydrogen (secondary N) is 2. The SMILES string of the molecule is CC(C)(C)OC(=O)N[C@H]1Cc2cc(Oc3ccccc3)ncc2NC1=S. The maximum Gasteiger partial charge on any atom is 0.408 e. The van der Waals surface area contributed by atoms with Crippen LogP contribution < -0.4 is 15.4 Å². The number of ether oxygens (including phenoxy) is 2. The topological polar surface area (TPSA) is 72.5 Å². The highest BCUT2D eigenvalue weighted by atomic mass is 32.1. The molecule has 1 amide bonds. The summed E-state index contributed by atoms with van der Waals surface area (Å²) in [5.74, 6) is 1.20. The van der Waals surface area contributed by atoms with Gasteiger partial charge < -0.3 is 20.1 Å². The van der Waals surface area contributed by atoms with E-state index in [2.05, 4.69) is 15.6 Å². The van der Waals surface area contributed by atoms with Crippen LogP contribution in [0.3, 0.4) is 0 Å². The number of amides is 1. The van der Waals surface area contributed by atoms with Gasteiger partial charge in [0.15, 0.2) is 0 Å². The predicted molar refractivity (Wildman–Crippen MR) is 104 cm³/mol. The number of alkyl carbamates (subject to hydrolysis) is 1. The molecule has 2 N–H and O–H groups in total. The first-order valence-corrected chi connectivity index (χ1v) is 8.73. The van der Waals surface area contributed by atoms with Crippen LogP contribution in [0.2, 0.25) is 0 Å². The van der Waals surface area contributed by atoms with E-state index in [4.69, 9.17) is 21.7 Å². The van der Waals surface area contributed by atoms with Crippen LogP contribution in [0.4, 0.5) is 10.5 Å². The van der Waals surface area contributed by atoms with Gasteiger partial charge in [-0.1, -0.05) is 30.4 Å². The first-order valence-electron chi connectivity index (χ1n) is 8.32. The highest BCUT2D eigenvalue weighted by molar-refractivity contribution is 7.80. The van der Waals surface area contributed by atoms with Gasteiger partial charge in [-0.25, -0.2) is 9.78 Å².